The fourth-order valence-electron chi connectivity index (χ4n) is 10.3. The summed E-state index contributed by atoms with van der Waals surface area (Å²) >= 11 is 0. The number of aliphatic hydroxyl groups excluding tert-OH is 21. The molecule has 0 unspecified atom stereocenters. The van der Waals surface area contributed by atoms with Gasteiger partial charge >= 0.3 is 0 Å². The molecule has 23 aliphatic rings. The molecule has 23 rings (SSSR count). The van der Waals surface area contributed by atoms with Crippen LogP contribution in [0.1, 0.15) is 0 Å². The molecule has 35 heteroatoms. The molecule has 0 amide bonds. The van der Waals surface area contributed by atoms with Crippen molar-refractivity contribution >= 4 is 0 Å². The zero-order valence-electron chi connectivity index (χ0n) is 40.3. The van der Waals surface area contributed by atoms with Crippen molar-refractivity contribution in [3.05, 3.63) is 0 Å². The van der Waals surface area contributed by atoms with Crippen LogP contribution < -0.4 is 0 Å². The highest BCUT2D eigenvalue weighted by atomic mass is 16.8. The lowest BCUT2D eigenvalue weighted by atomic mass is 9.94. The first-order valence-electron chi connectivity index (χ1n) is 24.6. The third kappa shape index (κ3) is 12.2. The van der Waals surface area contributed by atoms with Crippen LogP contribution in [0.5, 0.6) is 0 Å². The molecule has 12 bridgehead atoms. The van der Waals surface area contributed by atoms with Gasteiger partial charge in [0.05, 0.1) is 46.2 Å². The second-order valence-corrected chi connectivity index (χ2v) is 19.7. The molecule has 35 nitrogen and oxygen atoms in total. The second-order valence-electron chi connectivity index (χ2n) is 19.7. The van der Waals surface area contributed by atoms with E-state index in [-0.39, 0.29) is 0 Å². The molecule has 23 heterocycles. The first-order valence-corrected chi connectivity index (χ1v) is 24.6. The van der Waals surface area contributed by atoms with Gasteiger partial charge in [-0.25, -0.2) is 0 Å². The summed E-state index contributed by atoms with van der Waals surface area (Å²) in [5, 5.41) is 230. The van der Waals surface area contributed by atoms with Gasteiger partial charge in [0.1, 0.15) is 171 Å². The molecular formula is C42H70O35. The maximum atomic E-state index is 11.7. The van der Waals surface area contributed by atoms with Gasteiger partial charge in [0.2, 0.25) is 0 Å². The zero-order valence-corrected chi connectivity index (χ0v) is 40.3. The minimum Gasteiger partial charge on any atom is -0.394 e. The van der Waals surface area contributed by atoms with Crippen molar-refractivity contribution in [3.8, 4) is 0 Å². The Bertz CT molecular complexity index is 1820. The van der Waals surface area contributed by atoms with E-state index in [4.69, 9.17) is 66.3 Å². The minimum absolute atomic E-state index is 0.889. The smallest absolute Gasteiger partial charge is 0.187 e. The number of aliphatic hydroxyl groups is 21. The molecule has 21 N–H and O–H groups in total. The lowest BCUT2D eigenvalue weighted by Crippen LogP contribution is -2.69. The predicted octanol–water partition coefficient (Wildman–Crippen LogP) is -15.2. The van der Waals surface area contributed by atoms with Crippen LogP contribution in [0.25, 0.3) is 0 Å². The van der Waals surface area contributed by atoms with Crippen molar-refractivity contribution in [1.82, 2.24) is 0 Å². The Labute approximate surface area is 434 Å². The average molecular weight is 1130 g/mol. The molecule has 0 aromatic carbocycles. The van der Waals surface area contributed by atoms with Crippen molar-refractivity contribution in [2.45, 2.75) is 215 Å². The Morgan fingerprint density at radius 1 is 0.208 bits per heavy atom. The lowest BCUT2D eigenvalue weighted by molar-refractivity contribution is -0.405. The fraction of sp³-hybridized carbons (Fsp3) is 1.00. The largest absolute Gasteiger partial charge is 0.394 e. The van der Waals surface area contributed by atoms with E-state index in [9.17, 15) is 107 Å². The molecule has 0 radical (unpaired) electrons. The summed E-state index contributed by atoms with van der Waals surface area (Å²) in [7, 11) is 0. The molecule has 0 aromatic heterocycles. The van der Waals surface area contributed by atoms with Crippen LogP contribution in [0.3, 0.4) is 0 Å². The molecule has 23 saturated heterocycles. The van der Waals surface area contributed by atoms with E-state index >= 15 is 0 Å². The summed E-state index contributed by atoms with van der Waals surface area (Å²) in [5.41, 5.74) is 0. The summed E-state index contributed by atoms with van der Waals surface area (Å²) < 4.78 is 80.0. The van der Waals surface area contributed by atoms with Crippen LogP contribution in [0, 0.1) is 0 Å². The Hall–Kier alpha value is -1.40. The fourth-order valence-corrected chi connectivity index (χ4v) is 10.3. The molecule has 77 heavy (non-hydrogen) atoms. The van der Waals surface area contributed by atoms with E-state index in [0.29, 0.717) is 0 Å². The summed E-state index contributed by atoms with van der Waals surface area (Å²) in [6.07, 6.45) is -70.4. The quantitative estimate of drug-likeness (QED) is 0.102. The molecule has 0 aromatic rings. The third-order valence-electron chi connectivity index (χ3n) is 14.8. The molecule has 0 saturated carbocycles. The molecule has 35 atom stereocenters. The molecule has 0 spiro atoms. The Morgan fingerprint density at radius 2 is 0.429 bits per heavy atom. The van der Waals surface area contributed by atoms with Crippen LogP contribution in [-0.4, -0.2) is 368 Å². The highest BCUT2D eigenvalue weighted by molar-refractivity contribution is 5.01. The maximum Gasteiger partial charge on any atom is 0.187 e. The van der Waals surface area contributed by atoms with Crippen LogP contribution in [-0.2, 0) is 66.3 Å². The van der Waals surface area contributed by atoms with Gasteiger partial charge in [-0.2, -0.15) is 0 Å². The normalized spacial score (nSPS) is 55.2. The second kappa shape index (κ2) is 26.0. The van der Waals surface area contributed by atoms with Gasteiger partial charge in [0.15, 0.2) is 44.0 Å². The molecule has 23 aliphatic heterocycles. The van der Waals surface area contributed by atoms with Gasteiger partial charge in [-0.1, -0.05) is 0 Å². The summed E-state index contributed by atoms with van der Waals surface area (Å²) in [6, 6.07) is 0. The number of hydrogen-bond donors (Lipinski definition) is 21. The molecule has 448 valence electrons. The van der Waals surface area contributed by atoms with Crippen LogP contribution >= 0.6 is 0 Å². The van der Waals surface area contributed by atoms with E-state index in [1.165, 1.54) is 0 Å². The van der Waals surface area contributed by atoms with Gasteiger partial charge in [-0.3, -0.25) is 0 Å². The van der Waals surface area contributed by atoms with Gasteiger partial charge in [-0.05, 0) is 0 Å². The van der Waals surface area contributed by atoms with Gasteiger partial charge in [0, 0.05) is 0 Å². The zero-order chi connectivity index (χ0) is 56.1. The van der Waals surface area contributed by atoms with E-state index < -0.39 is 261 Å². The SMILES string of the molecule is OC[C@H]1O[C@@H](OC[C@H]2O[C@@H]3O[C@H]4[C@H](O)[C@@H](O)[C@@H](O[C@H]5[C@H](O)[C@@H](O)[C@@H](O[C@H]6[C@H](O)[C@@H](O)[C@@H](O[C@H]7[C@H](O)[C@@H](O)[C@@H](O[C@H]8[C@H](O)[C@@H](O)[C@@H](O[C@H]2[C@H](O)[C@H]3O)O[C@@H]8CO)O[C@@H]7CO)O[C@@H]6CO)O[C@@H]5CO)O[C@@H]4CO)[C@H](O)[C@@H](O)[C@@H]1O. The van der Waals surface area contributed by atoms with Crippen LogP contribution in [0.2, 0.25) is 0 Å². The average Bonchev–Trinajstić information content (AvgIpc) is 3.46. The Morgan fingerprint density at radius 3 is 0.662 bits per heavy atom. The monoisotopic (exact) mass is 1130 g/mol. The van der Waals surface area contributed by atoms with Crippen molar-refractivity contribution in [3.63, 3.8) is 0 Å². The Balaban J connectivity index is 1.11. The molecule has 23 fully saturated rings. The number of hydrogen-bond acceptors (Lipinski definition) is 35. The molecular weight excluding hydrogens is 1060 g/mol. The van der Waals surface area contributed by atoms with Crippen LogP contribution in [0.4, 0.5) is 0 Å². The van der Waals surface area contributed by atoms with Crippen molar-refractivity contribution in [2.75, 3.05) is 46.2 Å². The summed E-state index contributed by atoms with van der Waals surface area (Å²) in [4.78, 5) is 0. The van der Waals surface area contributed by atoms with Crippen LogP contribution in [0.15, 0.2) is 0 Å². The summed E-state index contributed by atoms with van der Waals surface area (Å²) in [5.74, 6) is 0. The predicted molar refractivity (Wildman–Crippen MR) is 228 cm³/mol. The van der Waals surface area contributed by atoms with Crippen molar-refractivity contribution in [2.24, 2.45) is 0 Å². The van der Waals surface area contributed by atoms with Gasteiger partial charge < -0.3 is 174 Å². The van der Waals surface area contributed by atoms with Crippen molar-refractivity contribution < 1.29 is 174 Å². The van der Waals surface area contributed by atoms with Gasteiger partial charge in [-0.15, -0.1) is 0 Å². The Kier molecular flexibility index (Phi) is 20.8. The van der Waals surface area contributed by atoms with E-state index in [2.05, 4.69) is 0 Å². The maximum absolute atomic E-state index is 11.7. The molecule has 0 aliphatic carbocycles. The first-order chi connectivity index (χ1) is 36.6. The van der Waals surface area contributed by atoms with Crippen molar-refractivity contribution in [1.29, 1.82) is 0 Å². The third-order valence-corrected chi connectivity index (χ3v) is 14.8. The lowest BCUT2D eigenvalue weighted by Gasteiger charge is -2.51. The standard InChI is InChI=1S/C42H70O35/c43-1-8-15(49)16(50)23(57)36(65-8)64-7-14-35-22(56)29(63)42(71-14)76-34-13(6-48)69-40(27(61)20(34)54)74-32-11(4-46)67-38(25(59)18(32)52)72-30-9(2-44)66-37(24(58)17(30)51)73-31-10(3-45)68-39(26(60)19(31)53)75-33-12(5-47)70-41(77-35)28(62)21(33)55/h8-63H,1-7H2/t8-,9-,10-,11-,12-,13-,14-,15-,16+,17-,18-,19-,20-,21-,22-,23-,24-,25-,26-,27-,28-,29-,30-,31-,32-,33-,34-,35-,36-,37-,38-,39-,40-,41-,42-/m1/s1. The van der Waals surface area contributed by atoms with E-state index in [1.54, 1.807) is 0 Å². The topological polar surface area (TPSA) is 554 Å². The number of ether oxygens (including phenoxy) is 14. The van der Waals surface area contributed by atoms with E-state index in [1.807, 2.05) is 0 Å². The highest BCUT2D eigenvalue weighted by Gasteiger charge is 2.59. The van der Waals surface area contributed by atoms with Gasteiger partial charge in [0.25, 0.3) is 0 Å². The minimum atomic E-state index is -2.30. The number of rotatable bonds is 9. The highest BCUT2D eigenvalue weighted by Crippen LogP contribution is 2.38. The summed E-state index contributed by atoms with van der Waals surface area (Å²) in [6.45, 7) is -7.11. The first kappa shape index (κ1) is 61.7. The van der Waals surface area contributed by atoms with E-state index in [0.717, 1.165) is 0 Å².